The maximum absolute atomic E-state index is 11.6. The Hall–Kier alpha value is -0.810. The number of likely N-dealkylation sites (tertiary alicyclic amines) is 2. The molecule has 0 aliphatic carbocycles. The zero-order valence-electron chi connectivity index (χ0n) is 12.2. The topological polar surface area (TPSA) is 44.8 Å². The number of amides is 1. The van der Waals surface area contributed by atoms with Crippen LogP contribution < -0.4 is 5.32 Å². The van der Waals surface area contributed by atoms with Crippen LogP contribution in [0.25, 0.3) is 0 Å². The average Bonchev–Trinajstić information content (AvgIpc) is 2.83. The van der Waals surface area contributed by atoms with Gasteiger partial charge in [0.1, 0.15) is 0 Å². The highest BCUT2D eigenvalue weighted by Gasteiger charge is 2.25. The molecule has 2 aliphatic heterocycles. The van der Waals surface area contributed by atoms with E-state index in [1.54, 1.807) is 0 Å². The first-order valence-electron chi connectivity index (χ1n) is 7.56. The van der Waals surface area contributed by atoms with Crippen LogP contribution in [0.1, 0.15) is 32.6 Å². The van der Waals surface area contributed by atoms with E-state index in [1.165, 1.54) is 19.4 Å². The number of nitrogens with zero attached hydrogens (tertiary/aromatic N) is 2. The maximum atomic E-state index is 11.6. The van der Waals surface area contributed by atoms with Gasteiger partial charge < -0.3 is 19.9 Å². The number of hydrogen-bond acceptors (Lipinski definition) is 4. The fourth-order valence-electron chi connectivity index (χ4n) is 3.02. The summed E-state index contributed by atoms with van der Waals surface area (Å²) in [5.74, 6) is 0. The predicted octanol–water partition coefficient (Wildman–Crippen LogP) is 1.29. The summed E-state index contributed by atoms with van der Waals surface area (Å²) in [6.45, 7) is 6.26. The van der Waals surface area contributed by atoms with Crippen molar-refractivity contribution in [2.75, 3.05) is 39.8 Å². The smallest absolute Gasteiger partial charge is 0.409 e. The van der Waals surface area contributed by atoms with Crippen molar-refractivity contribution in [1.29, 1.82) is 0 Å². The standard InChI is InChI=1S/C14H27N3O2/c1-3-19-14(18)17-9-6-12(7-10-17)15-11-13-5-4-8-16(13)2/h12-13,15H,3-11H2,1-2H3. The quantitative estimate of drug-likeness (QED) is 0.835. The number of nitrogens with one attached hydrogen (secondary N) is 1. The second-order valence-electron chi connectivity index (χ2n) is 5.65. The molecule has 2 heterocycles. The molecule has 110 valence electrons. The largest absolute Gasteiger partial charge is 0.450 e. The highest BCUT2D eigenvalue weighted by Crippen LogP contribution is 2.16. The zero-order chi connectivity index (χ0) is 13.7. The molecule has 0 aromatic carbocycles. The Balaban J connectivity index is 1.64. The third kappa shape index (κ3) is 4.08. The van der Waals surface area contributed by atoms with Gasteiger partial charge >= 0.3 is 6.09 Å². The molecule has 2 aliphatic rings. The molecular formula is C14H27N3O2. The summed E-state index contributed by atoms with van der Waals surface area (Å²) < 4.78 is 5.03. The van der Waals surface area contributed by atoms with E-state index in [9.17, 15) is 4.79 Å². The van der Waals surface area contributed by atoms with Gasteiger partial charge in [0, 0.05) is 31.7 Å². The van der Waals surface area contributed by atoms with E-state index in [2.05, 4.69) is 17.3 Å². The van der Waals surface area contributed by atoms with Gasteiger partial charge in [-0.25, -0.2) is 4.79 Å². The second kappa shape index (κ2) is 7.10. The summed E-state index contributed by atoms with van der Waals surface area (Å²) in [5, 5.41) is 3.66. The summed E-state index contributed by atoms with van der Waals surface area (Å²) in [6, 6.07) is 1.25. The average molecular weight is 269 g/mol. The van der Waals surface area contributed by atoms with Crippen LogP contribution in [-0.4, -0.2) is 67.8 Å². The van der Waals surface area contributed by atoms with Crippen LogP contribution >= 0.6 is 0 Å². The van der Waals surface area contributed by atoms with Gasteiger partial charge in [-0.3, -0.25) is 0 Å². The van der Waals surface area contributed by atoms with Crippen molar-refractivity contribution in [3.05, 3.63) is 0 Å². The van der Waals surface area contributed by atoms with Crippen molar-refractivity contribution < 1.29 is 9.53 Å². The summed E-state index contributed by atoms with van der Waals surface area (Å²) >= 11 is 0. The van der Waals surface area contributed by atoms with Crippen molar-refractivity contribution in [1.82, 2.24) is 15.1 Å². The number of carbonyl (C=O) groups is 1. The lowest BCUT2D eigenvalue weighted by Gasteiger charge is -2.32. The molecule has 1 atom stereocenters. The lowest BCUT2D eigenvalue weighted by Crippen LogP contribution is -2.47. The van der Waals surface area contributed by atoms with Crippen molar-refractivity contribution in [3.63, 3.8) is 0 Å². The molecule has 19 heavy (non-hydrogen) atoms. The molecule has 2 rings (SSSR count). The number of hydrogen-bond donors (Lipinski definition) is 1. The van der Waals surface area contributed by atoms with Gasteiger partial charge in [0.2, 0.25) is 0 Å². The highest BCUT2D eigenvalue weighted by atomic mass is 16.6. The lowest BCUT2D eigenvalue weighted by molar-refractivity contribution is 0.0946. The Morgan fingerprint density at radius 2 is 2.00 bits per heavy atom. The summed E-state index contributed by atoms with van der Waals surface area (Å²) in [6.07, 6.45) is 4.55. The van der Waals surface area contributed by atoms with Gasteiger partial charge in [-0.2, -0.15) is 0 Å². The van der Waals surface area contributed by atoms with Gasteiger partial charge in [0.15, 0.2) is 0 Å². The van der Waals surface area contributed by atoms with E-state index in [0.29, 0.717) is 18.7 Å². The third-order valence-corrected chi connectivity index (χ3v) is 4.33. The highest BCUT2D eigenvalue weighted by molar-refractivity contribution is 5.67. The molecule has 5 nitrogen and oxygen atoms in total. The predicted molar refractivity (Wildman–Crippen MR) is 75.3 cm³/mol. The molecule has 0 spiro atoms. The van der Waals surface area contributed by atoms with Gasteiger partial charge in [0.05, 0.1) is 6.61 Å². The Kier molecular flexibility index (Phi) is 5.45. The molecule has 2 fully saturated rings. The normalized spacial score (nSPS) is 25.8. The van der Waals surface area contributed by atoms with Crippen LogP contribution in [0.4, 0.5) is 4.79 Å². The lowest BCUT2D eigenvalue weighted by atomic mass is 10.0. The number of rotatable bonds is 4. The van der Waals surface area contributed by atoms with Crippen LogP contribution in [0.2, 0.25) is 0 Å². The summed E-state index contributed by atoms with van der Waals surface area (Å²) in [7, 11) is 2.21. The van der Waals surface area contributed by atoms with Crippen molar-refractivity contribution >= 4 is 6.09 Å². The molecule has 0 aromatic rings. The molecule has 1 amide bonds. The number of ether oxygens (including phenoxy) is 1. The van der Waals surface area contributed by atoms with Crippen molar-refractivity contribution in [2.45, 2.75) is 44.7 Å². The van der Waals surface area contributed by atoms with Gasteiger partial charge in [-0.15, -0.1) is 0 Å². The number of carbonyl (C=O) groups excluding carboxylic acids is 1. The monoisotopic (exact) mass is 269 g/mol. The minimum absolute atomic E-state index is 0.156. The second-order valence-corrected chi connectivity index (χ2v) is 5.65. The minimum Gasteiger partial charge on any atom is -0.450 e. The first-order valence-corrected chi connectivity index (χ1v) is 7.56. The van der Waals surface area contributed by atoms with E-state index in [4.69, 9.17) is 4.74 Å². The van der Waals surface area contributed by atoms with Gasteiger partial charge in [-0.1, -0.05) is 0 Å². The first kappa shape index (κ1) is 14.6. The Bertz CT molecular complexity index is 290. The van der Waals surface area contributed by atoms with E-state index in [-0.39, 0.29) is 6.09 Å². The molecule has 5 heteroatoms. The number of piperidine rings is 1. The fourth-order valence-corrected chi connectivity index (χ4v) is 3.02. The van der Waals surface area contributed by atoms with E-state index < -0.39 is 0 Å². The SMILES string of the molecule is CCOC(=O)N1CCC(NCC2CCCN2C)CC1. The fraction of sp³-hybridized carbons (Fsp3) is 0.929. The Morgan fingerprint density at radius 1 is 1.26 bits per heavy atom. The van der Waals surface area contributed by atoms with Gasteiger partial charge in [0.25, 0.3) is 0 Å². The van der Waals surface area contributed by atoms with E-state index in [1.807, 2.05) is 11.8 Å². The molecule has 0 radical (unpaired) electrons. The van der Waals surface area contributed by atoms with E-state index >= 15 is 0 Å². The molecule has 0 aromatic heterocycles. The molecule has 0 bridgehead atoms. The van der Waals surface area contributed by atoms with Crippen LogP contribution in [0.5, 0.6) is 0 Å². The van der Waals surface area contributed by atoms with Crippen molar-refractivity contribution in [3.8, 4) is 0 Å². The van der Waals surface area contributed by atoms with E-state index in [0.717, 1.165) is 32.5 Å². The first-order chi connectivity index (χ1) is 9.20. The zero-order valence-corrected chi connectivity index (χ0v) is 12.2. The molecular weight excluding hydrogens is 242 g/mol. The summed E-state index contributed by atoms with van der Waals surface area (Å²) in [5.41, 5.74) is 0. The Labute approximate surface area is 116 Å². The molecule has 0 saturated carbocycles. The molecule has 1 unspecified atom stereocenters. The van der Waals surface area contributed by atoms with Crippen LogP contribution in [0.15, 0.2) is 0 Å². The van der Waals surface area contributed by atoms with Crippen LogP contribution in [0.3, 0.4) is 0 Å². The molecule has 2 saturated heterocycles. The third-order valence-electron chi connectivity index (χ3n) is 4.33. The minimum atomic E-state index is -0.156. The number of likely N-dealkylation sites (N-methyl/N-ethyl adjacent to an activating group) is 1. The summed E-state index contributed by atoms with van der Waals surface area (Å²) in [4.78, 5) is 15.9. The maximum Gasteiger partial charge on any atom is 0.409 e. The molecule has 1 N–H and O–H groups in total. The van der Waals surface area contributed by atoms with Crippen molar-refractivity contribution in [2.24, 2.45) is 0 Å². The van der Waals surface area contributed by atoms with Crippen LogP contribution in [0, 0.1) is 0 Å². The van der Waals surface area contributed by atoms with Gasteiger partial charge in [-0.05, 0) is 46.2 Å². The van der Waals surface area contributed by atoms with Crippen LogP contribution in [-0.2, 0) is 4.74 Å². The Morgan fingerprint density at radius 3 is 2.58 bits per heavy atom.